The maximum Gasteiger partial charge on any atom is 0.167 e. The lowest BCUT2D eigenvalue weighted by molar-refractivity contribution is 0.0993. The van der Waals surface area contributed by atoms with E-state index in [1.54, 1.807) is 0 Å². The number of benzene rings is 2. The second kappa shape index (κ2) is 5.96. The third kappa shape index (κ3) is 3.30. The fraction of sp³-hybridized carbons (Fsp3) is 0.188. The summed E-state index contributed by atoms with van der Waals surface area (Å²) in [5.41, 5.74) is 3.12. The molecule has 0 fully saturated rings. The number of ketones is 1. The molecule has 2 rings (SSSR count). The molecular weight excluding hydrogens is 288 g/mol. The van der Waals surface area contributed by atoms with Gasteiger partial charge in [-0.25, -0.2) is 0 Å². The molecule has 0 aliphatic rings. The highest BCUT2D eigenvalue weighted by Gasteiger charge is 2.07. The molecule has 0 saturated carbocycles. The molecule has 0 N–H and O–H groups in total. The zero-order chi connectivity index (χ0) is 13.0. The minimum Gasteiger partial charge on any atom is -0.294 e. The summed E-state index contributed by atoms with van der Waals surface area (Å²) < 4.78 is 0.940. The Bertz CT molecular complexity index is 543. The molecule has 0 bridgehead atoms. The summed E-state index contributed by atoms with van der Waals surface area (Å²) in [5.74, 6) is 0.153. The van der Waals surface area contributed by atoms with Crippen LogP contribution in [0.25, 0.3) is 0 Å². The lowest BCUT2D eigenvalue weighted by Crippen LogP contribution is -2.03. The van der Waals surface area contributed by atoms with Gasteiger partial charge in [-0.15, -0.1) is 0 Å². The van der Waals surface area contributed by atoms with Crippen LogP contribution in [0, 0.1) is 0 Å². The van der Waals surface area contributed by atoms with Crippen LogP contribution in [0.3, 0.4) is 0 Å². The van der Waals surface area contributed by atoms with Crippen LogP contribution in [-0.2, 0) is 12.8 Å². The molecule has 0 atom stereocenters. The molecule has 18 heavy (non-hydrogen) atoms. The number of carbonyl (C=O) groups is 1. The first kappa shape index (κ1) is 13.0. The largest absolute Gasteiger partial charge is 0.294 e. The fourth-order valence-corrected chi connectivity index (χ4v) is 2.24. The molecule has 2 aromatic carbocycles. The van der Waals surface area contributed by atoms with Crippen molar-refractivity contribution in [2.75, 3.05) is 0 Å². The van der Waals surface area contributed by atoms with Crippen LogP contribution >= 0.6 is 15.9 Å². The van der Waals surface area contributed by atoms with Gasteiger partial charge in [0.2, 0.25) is 0 Å². The van der Waals surface area contributed by atoms with E-state index in [0.29, 0.717) is 6.42 Å². The zero-order valence-electron chi connectivity index (χ0n) is 10.3. The molecule has 1 nitrogen and oxygen atoms in total. The number of hydrogen-bond donors (Lipinski definition) is 0. The summed E-state index contributed by atoms with van der Waals surface area (Å²) in [6, 6.07) is 15.8. The van der Waals surface area contributed by atoms with Gasteiger partial charge < -0.3 is 0 Å². The smallest absolute Gasteiger partial charge is 0.167 e. The quantitative estimate of drug-likeness (QED) is 0.763. The molecule has 2 heteroatoms. The summed E-state index contributed by atoms with van der Waals surface area (Å²) in [5, 5.41) is 0. The SMILES string of the molecule is CCc1ccc(CC(=O)c2cccc(Br)c2)cc1. The van der Waals surface area contributed by atoms with E-state index in [1.165, 1.54) is 5.56 Å². The van der Waals surface area contributed by atoms with E-state index in [4.69, 9.17) is 0 Å². The Morgan fingerprint density at radius 3 is 2.33 bits per heavy atom. The van der Waals surface area contributed by atoms with Gasteiger partial charge in [-0.3, -0.25) is 4.79 Å². The van der Waals surface area contributed by atoms with Gasteiger partial charge in [0.05, 0.1) is 0 Å². The third-order valence-corrected chi connectivity index (χ3v) is 3.44. The van der Waals surface area contributed by atoms with Crippen molar-refractivity contribution in [1.29, 1.82) is 0 Å². The van der Waals surface area contributed by atoms with Gasteiger partial charge in [-0.1, -0.05) is 59.3 Å². The first-order valence-electron chi connectivity index (χ1n) is 6.05. The molecular formula is C16H15BrO. The van der Waals surface area contributed by atoms with Crippen LogP contribution in [0.2, 0.25) is 0 Å². The molecule has 0 saturated heterocycles. The predicted molar refractivity (Wildman–Crippen MR) is 78.0 cm³/mol. The number of hydrogen-bond acceptors (Lipinski definition) is 1. The number of halogens is 1. The molecule has 0 amide bonds. The van der Waals surface area contributed by atoms with Gasteiger partial charge >= 0.3 is 0 Å². The first-order chi connectivity index (χ1) is 8.69. The fourth-order valence-electron chi connectivity index (χ4n) is 1.84. The van der Waals surface area contributed by atoms with E-state index in [1.807, 2.05) is 36.4 Å². The average Bonchev–Trinajstić information content (AvgIpc) is 2.39. The monoisotopic (exact) mass is 302 g/mol. The highest BCUT2D eigenvalue weighted by molar-refractivity contribution is 9.10. The maximum atomic E-state index is 12.1. The molecule has 0 radical (unpaired) electrons. The van der Waals surface area contributed by atoms with E-state index in [9.17, 15) is 4.79 Å². The highest BCUT2D eigenvalue weighted by Crippen LogP contribution is 2.14. The van der Waals surface area contributed by atoms with Crippen LogP contribution in [0.15, 0.2) is 53.0 Å². The Hall–Kier alpha value is -1.41. The van der Waals surface area contributed by atoms with Crippen molar-refractivity contribution in [2.45, 2.75) is 19.8 Å². The van der Waals surface area contributed by atoms with E-state index >= 15 is 0 Å². The second-order valence-electron chi connectivity index (χ2n) is 4.28. The summed E-state index contributed by atoms with van der Waals surface area (Å²) in [4.78, 5) is 12.1. The highest BCUT2D eigenvalue weighted by atomic mass is 79.9. The third-order valence-electron chi connectivity index (χ3n) is 2.94. The molecule has 0 aliphatic heterocycles. The molecule has 0 aromatic heterocycles. The van der Waals surface area contributed by atoms with Crippen LogP contribution in [0.1, 0.15) is 28.4 Å². The Morgan fingerprint density at radius 2 is 1.72 bits per heavy atom. The van der Waals surface area contributed by atoms with Crippen molar-refractivity contribution >= 4 is 21.7 Å². The van der Waals surface area contributed by atoms with Gasteiger partial charge in [-0.05, 0) is 29.7 Å². The van der Waals surface area contributed by atoms with Crippen molar-refractivity contribution in [1.82, 2.24) is 0 Å². The van der Waals surface area contributed by atoms with Gasteiger partial charge in [-0.2, -0.15) is 0 Å². The molecule has 0 unspecified atom stereocenters. The molecule has 0 aliphatic carbocycles. The number of rotatable bonds is 4. The Labute approximate surface area is 116 Å². The predicted octanol–water partition coefficient (Wildman–Crippen LogP) is 4.44. The number of carbonyl (C=O) groups excluding carboxylic acids is 1. The lowest BCUT2D eigenvalue weighted by atomic mass is 10.0. The maximum absolute atomic E-state index is 12.1. The second-order valence-corrected chi connectivity index (χ2v) is 5.20. The minimum atomic E-state index is 0.153. The van der Waals surface area contributed by atoms with Crippen molar-refractivity contribution < 1.29 is 4.79 Å². The first-order valence-corrected chi connectivity index (χ1v) is 6.85. The lowest BCUT2D eigenvalue weighted by Gasteiger charge is -2.03. The van der Waals surface area contributed by atoms with Crippen molar-refractivity contribution in [2.24, 2.45) is 0 Å². The average molecular weight is 303 g/mol. The summed E-state index contributed by atoms with van der Waals surface area (Å²) in [7, 11) is 0. The Balaban J connectivity index is 2.11. The van der Waals surface area contributed by atoms with Gasteiger partial charge in [0.25, 0.3) is 0 Å². The molecule has 2 aromatic rings. The van der Waals surface area contributed by atoms with Crippen LogP contribution in [0.5, 0.6) is 0 Å². The molecule has 0 spiro atoms. The summed E-state index contributed by atoms with van der Waals surface area (Å²) in [6.45, 7) is 2.13. The number of aryl methyl sites for hydroxylation is 1. The van der Waals surface area contributed by atoms with Crippen LogP contribution in [0.4, 0.5) is 0 Å². The Kier molecular flexibility index (Phi) is 4.32. The standard InChI is InChI=1S/C16H15BrO/c1-2-12-6-8-13(9-7-12)10-16(18)14-4-3-5-15(17)11-14/h3-9,11H,2,10H2,1H3. The summed E-state index contributed by atoms with van der Waals surface area (Å²) >= 11 is 3.38. The van der Waals surface area contributed by atoms with E-state index in [-0.39, 0.29) is 5.78 Å². The van der Waals surface area contributed by atoms with Gasteiger partial charge in [0.15, 0.2) is 5.78 Å². The topological polar surface area (TPSA) is 17.1 Å². The zero-order valence-corrected chi connectivity index (χ0v) is 11.9. The Morgan fingerprint density at radius 1 is 1.06 bits per heavy atom. The van der Waals surface area contributed by atoms with Gasteiger partial charge in [0.1, 0.15) is 0 Å². The molecule has 0 heterocycles. The van der Waals surface area contributed by atoms with E-state index in [0.717, 1.165) is 22.0 Å². The van der Waals surface area contributed by atoms with Crippen LogP contribution in [-0.4, -0.2) is 5.78 Å². The minimum absolute atomic E-state index is 0.153. The van der Waals surface area contributed by atoms with Crippen LogP contribution < -0.4 is 0 Å². The van der Waals surface area contributed by atoms with E-state index in [2.05, 4.69) is 35.0 Å². The van der Waals surface area contributed by atoms with Crippen molar-refractivity contribution in [3.05, 3.63) is 69.7 Å². The van der Waals surface area contributed by atoms with Crippen molar-refractivity contribution in [3.63, 3.8) is 0 Å². The summed E-state index contributed by atoms with van der Waals surface area (Å²) in [6.07, 6.45) is 1.49. The van der Waals surface area contributed by atoms with Crippen molar-refractivity contribution in [3.8, 4) is 0 Å². The van der Waals surface area contributed by atoms with Gasteiger partial charge in [0, 0.05) is 16.5 Å². The normalized spacial score (nSPS) is 10.3. The van der Waals surface area contributed by atoms with E-state index < -0.39 is 0 Å². The molecule has 92 valence electrons. The number of Topliss-reactive ketones (excluding diaryl/α,β-unsaturated/α-hetero) is 1.